The van der Waals surface area contributed by atoms with E-state index in [0.717, 1.165) is 78.3 Å². The number of benzene rings is 3. The Kier molecular flexibility index (Phi) is 10.5. The first-order valence-corrected chi connectivity index (χ1v) is 15.4. The summed E-state index contributed by atoms with van der Waals surface area (Å²) in [6.45, 7) is 1.94. The van der Waals surface area contributed by atoms with Crippen LogP contribution in [-0.4, -0.2) is 62.2 Å². The van der Waals surface area contributed by atoms with Crippen molar-refractivity contribution in [2.45, 2.75) is 44.4 Å². The molecular weight excluding hydrogens is 550 g/mol. The molecule has 1 aliphatic rings. The summed E-state index contributed by atoms with van der Waals surface area (Å²) in [6.07, 6.45) is 6.87. The maximum Gasteiger partial charge on any atom is 0.224 e. The number of hydrogen-bond acceptors (Lipinski definition) is 7. The minimum absolute atomic E-state index is 0.00388. The van der Waals surface area contributed by atoms with Gasteiger partial charge in [0.1, 0.15) is 11.5 Å². The number of fused-ring (bicyclic) bond motifs is 3. The third-order valence-electron chi connectivity index (χ3n) is 8.13. The zero-order valence-electron chi connectivity index (χ0n) is 26.2. The number of methoxy groups -OCH3 is 2. The van der Waals surface area contributed by atoms with Crippen molar-refractivity contribution in [1.29, 1.82) is 0 Å². The van der Waals surface area contributed by atoms with Crippen LogP contribution in [0.1, 0.15) is 53.9 Å². The number of carbonyl (C=O) groups excluding carboxylic acids is 1. The van der Waals surface area contributed by atoms with E-state index in [0.29, 0.717) is 18.8 Å². The lowest BCUT2D eigenvalue weighted by atomic mass is 9.78. The normalized spacial score (nSPS) is 13.6. The Morgan fingerprint density at radius 3 is 2.57 bits per heavy atom. The number of ether oxygens (including phenoxy) is 2. The Hall–Kier alpha value is -4.43. The molecule has 230 valence electrons. The van der Waals surface area contributed by atoms with Crippen LogP contribution >= 0.6 is 0 Å². The van der Waals surface area contributed by atoms with Crippen LogP contribution in [0.25, 0.3) is 11.3 Å². The number of unbranched alkanes of at least 4 members (excludes halogenated alkanes) is 1. The van der Waals surface area contributed by atoms with Crippen LogP contribution in [0, 0.1) is 0 Å². The van der Waals surface area contributed by atoms with Gasteiger partial charge in [-0.05, 0) is 105 Å². The summed E-state index contributed by atoms with van der Waals surface area (Å²) >= 11 is 0. The number of anilines is 2. The van der Waals surface area contributed by atoms with Crippen molar-refractivity contribution in [2.75, 3.05) is 52.0 Å². The van der Waals surface area contributed by atoms with Crippen molar-refractivity contribution in [3.8, 4) is 22.8 Å². The summed E-state index contributed by atoms with van der Waals surface area (Å²) < 4.78 is 10.8. The van der Waals surface area contributed by atoms with Gasteiger partial charge >= 0.3 is 0 Å². The zero-order chi connectivity index (χ0) is 30.9. The van der Waals surface area contributed by atoms with Crippen LogP contribution in [0.15, 0.2) is 72.9 Å². The van der Waals surface area contributed by atoms with Crippen molar-refractivity contribution in [3.05, 3.63) is 95.2 Å². The molecule has 1 atom stereocenters. The number of amides is 1. The van der Waals surface area contributed by atoms with E-state index in [9.17, 15) is 4.79 Å². The van der Waals surface area contributed by atoms with E-state index < -0.39 is 0 Å². The molecule has 4 aromatic rings. The number of hydrogen-bond donors (Lipinski definition) is 2. The molecule has 8 nitrogen and oxygen atoms in total. The highest BCUT2D eigenvalue weighted by molar-refractivity contribution is 5.90. The third kappa shape index (κ3) is 7.74. The predicted octanol–water partition coefficient (Wildman–Crippen LogP) is 6.56. The minimum atomic E-state index is -0.00388. The number of carbonyl (C=O) groups is 1. The van der Waals surface area contributed by atoms with Crippen LogP contribution in [0.4, 0.5) is 11.6 Å². The average Bonchev–Trinajstić information content (AvgIpc) is 3.04. The number of aromatic nitrogens is 2. The van der Waals surface area contributed by atoms with Gasteiger partial charge in [-0.1, -0.05) is 36.4 Å². The fourth-order valence-electron chi connectivity index (χ4n) is 5.81. The summed E-state index contributed by atoms with van der Waals surface area (Å²) in [6, 6.07) is 22.5. The molecule has 0 saturated carbocycles. The molecule has 8 heteroatoms. The lowest BCUT2D eigenvalue weighted by molar-refractivity contribution is -0.116. The Bertz CT molecular complexity index is 1550. The number of aryl methyl sites for hydroxylation is 1. The standard InChI is InChI=1S/C36H43N5O3/c1-41(2)21-8-7-20-37-36-38-24-27-23-32(30-11-5-6-12-31(30)35(27)40-36)25-14-16-28(17-15-25)39-34(42)13-9-10-26-22-29(43-3)18-19-33(26)44-4/h5-6,11-12,14-19,22,24,32H,7-10,13,20-21,23H2,1-4H3,(H,39,42)(H,37,38,40). The van der Waals surface area contributed by atoms with Crippen LogP contribution in [0.3, 0.4) is 0 Å². The number of nitrogens with one attached hydrogen (secondary N) is 2. The average molecular weight is 594 g/mol. The maximum absolute atomic E-state index is 12.7. The molecule has 5 rings (SSSR count). The van der Waals surface area contributed by atoms with Crippen molar-refractivity contribution in [2.24, 2.45) is 0 Å². The molecule has 1 heterocycles. The minimum Gasteiger partial charge on any atom is -0.497 e. The first-order chi connectivity index (χ1) is 21.4. The van der Waals surface area contributed by atoms with E-state index in [1.54, 1.807) is 14.2 Å². The first kappa shape index (κ1) is 31.0. The Balaban J connectivity index is 1.20. The molecule has 1 unspecified atom stereocenters. The molecular formula is C36H43N5O3. The topological polar surface area (TPSA) is 88.6 Å². The van der Waals surface area contributed by atoms with Gasteiger partial charge in [0.05, 0.1) is 19.9 Å². The number of rotatable bonds is 14. The molecule has 0 bridgehead atoms. The van der Waals surface area contributed by atoms with Gasteiger partial charge in [-0.25, -0.2) is 9.97 Å². The second-order valence-corrected chi connectivity index (χ2v) is 11.6. The van der Waals surface area contributed by atoms with Gasteiger partial charge in [-0.15, -0.1) is 0 Å². The summed E-state index contributed by atoms with van der Waals surface area (Å²) in [5, 5.41) is 6.47. The van der Waals surface area contributed by atoms with Gasteiger partial charge in [-0.2, -0.15) is 0 Å². The molecule has 0 radical (unpaired) electrons. The second kappa shape index (κ2) is 14.8. The van der Waals surface area contributed by atoms with Crippen molar-refractivity contribution >= 4 is 17.5 Å². The quantitative estimate of drug-likeness (QED) is 0.160. The molecule has 1 aromatic heterocycles. The van der Waals surface area contributed by atoms with Crippen LogP contribution in [0.5, 0.6) is 11.5 Å². The van der Waals surface area contributed by atoms with Gasteiger partial charge < -0.3 is 25.0 Å². The van der Waals surface area contributed by atoms with Gasteiger partial charge in [-0.3, -0.25) is 4.79 Å². The fraction of sp³-hybridized carbons (Fsp3) is 0.361. The summed E-state index contributed by atoms with van der Waals surface area (Å²) in [5.74, 6) is 2.46. The van der Waals surface area contributed by atoms with Gasteiger partial charge in [0.25, 0.3) is 0 Å². The molecule has 3 aromatic carbocycles. The molecule has 0 saturated heterocycles. The lowest BCUT2D eigenvalue weighted by Gasteiger charge is -2.27. The van der Waals surface area contributed by atoms with Gasteiger partial charge in [0, 0.05) is 36.3 Å². The smallest absolute Gasteiger partial charge is 0.224 e. The summed E-state index contributed by atoms with van der Waals surface area (Å²) in [5.41, 5.74) is 7.62. The summed E-state index contributed by atoms with van der Waals surface area (Å²) in [4.78, 5) is 24.5. The molecule has 1 amide bonds. The SMILES string of the molecule is COc1ccc(OC)c(CCCC(=O)Nc2ccc(C3Cc4cnc(NCCCCN(C)C)nc4-c4ccccc43)cc2)c1. The fourth-order valence-corrected chi connectivity index (χ4v) is 5.81. The highest BCUT2D eigenvalue weighted by Gasteiger charge is 2.27. The van der Waals surface area contributed by atoms with E-state index in [2.05, 4.69) is 71.0 Å². The molecule has 0 fully saturated rings. The highest BCUT2D eigenvalue weighted by Crippen LogP contribution is 2.42. The molecule has 44 heavy (non-hydrogen) atoms. The largest absolute Gasteiger partial charge is 0.497 e. The van der Waals surface area contributed by atoms with Crippen molar-refractivity contribution in [1.82, 2.24) is 14.9 Å². The Morgan fingerprint density at radius 1 is 0.977 bits per heavy atom. The van der Waals surface area contributed by atoms with E-state index in [-0.39, 0.29) is 11.8 Å². The van der Waals surface area contributed by atoms with E-state index >= 15 is 0 Å². The monoisotopic (exact) mass is 593 g/mol. The zero-order valence-corrected chi connectivity index (χ0v) is 26.2. The second-order valence-electron chi connectivity index (χ2n) is 11.6. The molecule has 0 spiro atoms. The van der Waals surface area contributed by atoms with Gasteiger partial charge in [0.15, 0.2) is 0 Å². The van der Waals surface area contributed by atoms with Gasteiger partial charge in [0.2, 0.25) is 11.9 Å². The predicted molar refractivity (Wildman–Crippen MR) is 177 cm³/mol. The first-order valence-electron chi connectivity index (χ1n) is 15.4. The van der Waals surface area contributed by atoms with Crippen molar-refractivity contribution in [3.63, 3.8) is 0 Å². The maximum atomic E-state index is 12.7. The lowest BCUT2D eigenvalue weighted by Crippen LogP contribution is -2.17. The van der Waals surface area contributed by atoms with E-state index in [4.69, 9.17) is 14.5 Å². The molecule has 2 N–H and O–H groups in total. The number of nitrogens with zero attached hydrogens (tertiary/aromatic N) is 3. The Morgan fingerprint density at radius 2 is 1.80 bits per heavy atom. The highest BCUT2D eigenvalue weighted by atomic mass is 16.5. The van der Waals surface area contributed by atoms with Crippen LogP contribution in [0.2, 0.25) is 0 Å². The third-order valence-corrected chi connectivity index (χ3v) is 8.13. The van der Waals surface area contributed by atoms with Crippen molar-refractivity contribution < 1.29 is 14.3 Å². The van der Waals surface area contributed by atoms with Crippen LogP contribution in [-0.2, 0) is 17.6 Å². The Labute approximate surface area is 260 Å². The molecule has 1 aliphatic carbocycles. The van der Waals surface area contributed by atoms with Crippen LogP contribution < -0.4 is 20.1 Å². The summed E-state index contributed by atoms with van der Waals surface area (Å²) in [7, 11) is 7.50. The molecule has 0 aliphatic heterocycles. The van der Waals surface area contributed by atoms with E-state index in [1.807, 2.05) is 36.5 Å². The van der Waals surface area contributed by atoms with E-state index in [1.165, 1.54) is 11.1 Å².